The molecule has 0 unspecified atom stereocenters. The zero-order chi connectivity index (χ0) is 17.9. The van der Waals surface area contributed by atoms with Crippen LogP contribution in [0.5, 0.6) is 0 Å². The van der Waals surface area contributed by atoms with Crippen LogP contribution in [0.25, 0.3) is 6.08 Å². The highest BCUT2D eigenvalue weighted by atomic mass is 16.1. The molecule has 0 saturated carbocycles. The van der Waals surface area contributed by atoms with Crippen LogP contribution in [0.3, 0.4) is 0 Å². The molecule has 3 rings (SSSR count). The first kappa shape index (κ1) is 17.5. The molecule has 0 spiro atoms. The van der Waals surface area contributed by atoms with Crippen molar-refractivity contribution in [3.05, 3.63) is 59.2 Å². The molecule has 2 heterocycles. The largest absolute Gasteiger partial charge is 0.347 e. The van der Waals surface area contributed by atoms with Gasteiger partial charge < -0.3 is 9.88 Å². The molecular formula is C21H27N3O. The van der Waals surface area contributed by atoms with E-state index in [1.165, 1.54) is 18.4 Å². The molecule has 0 saturated heterocycles. The van der Waals surface area contributed by atoms with Crippen LogP contribution in [0.4, 0.5) is 0 Å². The number of fused-ring (bicyclic) bond motifs is 1. The van der Waals surface area contributed by atoms with Crippen molar-refractivity contribution >= 4 is 12.0 Å². The zero-order valence-corrected chi connectivity index (χ0v) is 15.4. The summed E-state index contributed by atoms with van der Waals surface area (Å²) in [6, 6.07) is 8.34. The quantitative estimate of drug-likeness (QED) is 0.862. The summed E-state index contributed by atoms with van der Waals surface area (Å²) in [6.07, 6.45) is 8.95. The van der Waals surface area contributed by atoms with Crippen LogP contribution >= 0.6 is 0 Å². The third-order valence-corrected chi connectivity index (χ3v) is 4.61. The molecule has 0 atom stereocenters. The molecule has 2 aromatic rings. The Morgan fingerprint density at radius 2 is 2.00 bits per heavy atom. The summed E-state index contributed by atoms with van der Waals surface area (Å²) >= 11 is 0. The van der Waals surface area contributed by atoms with E-state index in [4.69, 9.17) is 0 Å². The molecule has 25 heavy (non-hydrogen) atoms. The van der Waals surface area contributed by atoms with E-state index in [9.17, 15) is 4.79 Å². The van der Waals surface area contributed by atoms with Gasteiger partial charge in [-0.3, -0.25) is 4.79 Å². The van der Waals surface area contributed by atoms with Crippen LogP contribution in [0.2, 0.25) is 0 Å². The van der Waals surface area contributed by atoms with E-state index in [-0.39, 0.29) is 11.3 Å². The number of nitrogens with zero attached hydrogens (tertiary/aromatic N) is 2. The Hall–Kier alpha value is -2.36. The maximum Gasteiger partial charge on any atom is 0.244 e. The number of hydrogen-bond acceptors (Lipinski definition) is 2. The molecular weight excluding hydrogens is 310 g/mol. The first-order valence-corrected chi connectivity index (χ1v) is 9.03. The van der Waals surface area contributed by atoms with Gasteiger partial charge in [-0.1, -0.05) is 45.0 Å². The number of amides is 1. The monoisotopic (exact) mass is 337 g/mol. The van der Waals surface area contributed by atoms with Crippen LogP contribution < -0.4 is 5.32 Å². The van der Waals surface area contributed by atoms with Gasteiger partial charge in [0.15, 0.2) is 0 Å². The van der Waals surface area contributed by atoms with Crippen molar-refractivity contribution in [3.63, 3.8) is 0 Å². The van der Waals surface area contributed by atoms with Gasteiger partial charge in [0.1, 0.15) is 5.82 Å². The lowest BCUT2D eigenvalue weighted by Crippen LogP contribution is -2.20. The second-order valence-corrected chi connectivity index (χ2v) is 7.72. The first-order valence-electron chi connectivity index (χ1n) is 9.03. The number of carbonyl (C=O) groups excluding carboxylic acids is 1. The number of imidazole rings is 1. The van der Waals surface area contributed by atoms with E-state index in [1.54, 1.807) is 6.08 Å². The van der Waals surface area contributed by atoms with Crippen molar-refractivity contribution in [2.24, 2.45) is 0 Å². The Labute approximate surface area is 150 Å². The van der Waals surface area contributed by atoms with Crippen LogP contribution in [0.15, 0.2) is 36.5 Å². The summed E-state index contributed by atoms with van der Waals surface area (Å²) in [5, 5.41) is 2.91. The summed E-state index contributed by atoms with van der Waals surface area (Å²) in [4.78, 5) is 16.6. The zero-order valence-electron chi connectivity index (χ0n) is 15.4. The van der Waals surface area contributed by atoms with E-state index in [1.807, 2.05) is 18.2 Å². The minimum absolute atomic E-state index is 0.0918. The fourth-order valence-electron chi connectivity index (χ4n) is 3.06. The second-order valence-electron chi connectivity index (χ2n) is 7.72. The molecule has 4 nitrogen and oxygen atoms in total. The third kappa shape index (κ3) is 4.59. The van der Waals surface area contributed by atoms with Crippen molar-refractivity contribution in [1.82, 2.24) is 14.9 Å². The number of rotatable bonds is 4. The molecule has 1 amide bonds. The number of nitrogens with one attached hydrogen (secondary N) is 1. The van der Waals surface area contributed by atoms with Gasteiger partial charge in [0, 0.05) is 25.2 Å². The number of hydrogen-bond donors (Lipinski definition) is 1. The Bertz CT molecular complexity index is 740. The van der Waals surface area contributed by atoms with Gasteiger partial charge in [-0.05, 0) is 35.5 Å². The van der Waals surface area contributed by atoms with Gasteiger partial charge in [0.05, 0.1) is 12.2 Å². The summed E-state index contributed by atoms with van der Waals surface area (Å²) in [7, 11) is 0. The molecule has 4 heteroatoms. The maximum absolute atomic E-state index is 12.0. The highest BCUT2D eigenvalue weighted by Crippen LogP contribution is 2.22. The SMILES string of the molecule is CC(C)(C)c1ccc(/C=C/C(=O)NCc2cn3c(n2)CCCC3)cc1. The summed E-state index contributed by atoms with van der Waals surface area (Å²) < 4.78 is 2.21. The Balaban J connectivity index is 1.53. The summed E-state index contributed by atoms with van der Waals surface area (Å²) in [5.41, 5.74) is 3.40. The van der Waals surface area contributed by atoms with Gasteiger partial charge in [-0.25, -0.2) is 4.98 Å². The van der Waals surface area contributed by atoms with E-state index < -0.39 is 0 Å². The molecule has 0 radical (unpaired) electrons. The minimum Gasteiger partial charge on any atom is -0.347 e. The molecule has 1 aromatic heterocycles. The van der Waals surface area contributed by atoms with E-state index in [2.05, 4.69) is 54.0 Å². The predicted octanol–water partition coefficient (Wildman–Crippen LogP) is 3.85. The average Bonchev–Trinajstić information content (AvgIpc) is 3.00. The number of aromatic nitrogens is 2. The van der Waals surface area contributed by atoms with Gasteiger partial charge in [0.25, 0.3) is 0 Å². The van der Waals surface area contributed by atoms with Crippen LogP contribution in [0, 0.1) is 0 Å². The Morgan fingerprint density at radius 1 is 1.24 bits per heavy atom. The lowest BCUT2D eigenvalue weighted by Gasteiger charge is -2.18. The van der Waals surface area contributed by atoms with E-state index >= 15 is 0 Å². The van der Waals surface area contributed by atoms with Gasteiger partial charge >= 0.3 is 0 Å². The standard InChI is InChI=1S/C21H27N3O/c1-21(2,3)17-10-7-16(8-11-17)9-12-20(25)22-14-18-15-24-13-5-4-6-19(24)23-18/h7-12,15H,4-6,13-14H2,1-3H3,(H,22,25)/b12-9+. The fraction of sp³-hybridized carbons (Fsp3) is 0.429. The predicted molar refractivity (Wildman–Crippen MR) is 101 cm³/mol. The van der Waals surface area contributed by atoms with Crippen molar-refractivity contribution in [3.8, 4) is 0 Å². The topological polar surface area (TPSA) is 46.9 Å². The Kier molecular flexibility index (Phi) is 5.07. The van der Waals surface area contributed by atoms with Crippen LogP contribution in [-0.2, 0) is 29.7 Å². The minimum atomic E-state index is -0.0918. The second kappa shape index (κ2) is 7.26. The van der Waals surface area contributed by atoms with E-state index in [0.29, 0.717) is 6.54 Å². The molecule has 0 bridgehead atoms. The van der Waals surface area contributed by atoms with Gasteiger partial charge in [-0.15, -0.1) is 0 Å². The first-order chi connectivity index (χ1) is 11.9. The normalized spacial score (nSPS) is 14.5. The average molecular weight is 337 g/mol. The molecule has 0 aliphatic carbocycles. The molecule has 1 aliphatic rings. The molecule has 1 aliphatic heterocycles. The van der Waals surface area contributed by atoms with Crippen LogP contribution in [-0.4, -0.2) is 15.5 Å². The van der Waals surface area contributed by atoms with Gasteiger partial charge in [0.2, 0.25) is 5.91 Å². The fourth-order valence-corrected chi connectivity index (χ4v) is 3.06. The summed E-state index contributed by atoms with van der Waals surface area (Å²) in [6.45, 7) is 8.10. The number of benzene rings is 1. The smallest absolute Gasteiger partial charge is 0.244 e. The number of aryl methyl sites for hydroxylation is 2. The molecule has 1 aromatic carbocycles. The molecule has 132 valence electrons. The molecule has 0 fully saturated rings. The lowest BCUT2D eigenvalue weighted by molar-refractivity contribution is -0.116. The number of carbonyl (C=O) groups is 1. The third-order valence-electron chi connectivity index (χ3n) is 4.61. The lowest BCUT2D eigenvalue weighted by atomic mass is 9.87. The highest BCUT2D eigenvalue weighted by molar-refractivity contribution is 5.91. The van der Waals surface area contributed by atoms with Crippen molar-refractivity contribution < 1.29 is 4.79 Å². The van der Waals surface area contributed by atoms with Gasteiger partial charge in [-0.2, -0.15) is 0 Å². The maximum atomic E-state index is 12.0. The Morgan fingerprint density at radius 3 is 2.68 bits per heavy atom. The molecule has 1 N–H and O–H groups in total. The van der Waals surface area contributed by atoms with E-state index in [0.717, 1.165) is 30.0 Å². The van der Waals surface area contributed by atoms with Crippen LogP contribution in [0.1, 0.15) is 56.3 Å². The highest BCUT2D eigenvalue weighted by Gasteiger charge is 2.13. The van der Waals surface area contributed by atoms with Crippen molar-refractivity contribution in [2.45, 2.75) is 58.5 Å². The van der Waals surface area contributed by atoms with Crippen molar-refractivity contribution in [2.75, 3.05) is 0 Å². The summed E-state index contributed by atoms with van der Waals surface area (Å²) in [5.74, 6) is 1.05. The van der Waals surface area contributed by atoms with Crippen molar-refractivity contribution in [1.29, 1.82) is 0 Å².